The van der Waals surface area contributed by atoms with Gasteiger partial charge in [0.25, 0.3) is 0 Å². The largest absolute Gasteiger partial charge is 0.480 e. The maximum absolute atomic E-state index is 11.8. The molecule has 0 spiro atoms. The second-order valence-electron chi connectivity index (χ2n) is 4.55. The average Bonchev–Trinajstić information content (AvgIpc) is 3.04. The number of aryl methyl sites for hydroxylation is 2. The SMILES string of the molecule is Cc1ccc(C)c(OC(=O)C2(C(=O)O)CC2)c1. The van der Waals surface area contributed by atoms with Gasteiger partial charge < -0.3 is 9.84 Å². The molecule has 1 N–H and O–H groups in total. The molecule has 17 heavy (non-hydrogen) atoms. The summed E-state index contributed by atoms with van der Waals surface area (Å²) in [5, 5.41) is 8.98. The van der Waals surface area contributed by atoms with Crippen LogP contribution in [0.2, 0.25) is 0 Å². The summed E-state index contributed by atoms with van der Waals surface area (Å²) in [4.78, 5) is 22.8. The monoisotopic (exact) mass is 234 g/mol. The van der Waals surface area contributed by atoms with Crippen molar-refractivity contribution in [2.24, 2.45) is 5.41 Å². The van der Waals surface area contributed by atoms with Crippen LogP contribution in [0.25, 0.3) is 0 Å². The number of carboxylic acid groups (broad SMARTS) is 1. The van der Waals surface area contributed by atoms with E-state index in [9.17, 15) is 9.59 Å². The van der Waals surface area contributed by atoms with Crippen LogP contribution in [0.4, 0.5) is 0 Å². The third-order valence-electron chi connectivity index (χ3n) is 3.10. The Balaban J connectivity index is 2.19. The maximum atomic E-state index is 11.8. The zero-order valence-electron chi connectivity index (χ0n) is 9.82. The topological polar surface area (TPSA) is 63.6 Å². The van der Waals surface area contributed by atoms with Crippen LogP contribution in [0.15, 0.2) is 18.2 Å². The summed E-state index contributed by atoms with van der Waals surface area (Å²) >= 11 is 0. The number of ether oxygens (including phenoxy) is 1. The first kappa shape index (κ1) is 11.6. The molecule has 1 aliphatic carbocycles. The highest BCUT2D eigenvalue weighted by molar-refractivity contribution is 6.03. The molecule has 0 radical (unpaired) electrons. The average molecular weight is 234 g/mol. The lowest BCUT2D eigenvalue weighted by molar-refractivity contribution is -0.155. The Morgan fingerprint density at radius 1 is 1.29 bits per heavy atom. The second kappa shape index (κ2) is 3.87. The number of rotatable bonds is 3. The van der Waals surface area contributed by atoms with Crippen molar-refractivity contribution < 1.29 is 19.4 Å². The summed E-state index contributed by atoms with van der Waals surface area (Å²) in [5.41, 5.74) is 0.500. The molecule has 1 aromatic carbocycles. The second-order valence-corrected chi connectivity index (χ2v) is 4.55. The van der Waals surface area contributed by atoms with Gasteiger partial charge in [0.05, 0.1) is 0 Å². The van der Waals surface area contributed by atoms with Gasteiger partial charge in [0, 0.05) is 0 Å². The fourth-order valence-electron chi connectivity index (χ4n) is 1.65. The van der Waals surface area contributed by atoms with Crippen molar-refractivity contribution in [3.05, 3.63) is 29.3 Å². The van der Waals surface area contributed by atoms with Crippen LogP contribution in [0, 0.1) is 19.3 Å². The van der Waals surface area contributed by atoms with Crippen LogP contribution in [0.5, 0.6) is 5.75 Å². The molecular formula is C13H14O4. The van der Waals surface area contributed by atoms with E-state index in [1.165, 1.54) is 0 Å². The minimum absolute atomic E-state index is 0.367. The van der Waals surface area contributed by atoms with E-state index in [0.717, 1.165) is 11.1 Å². The van der Waals surface area contributed by atoms with E-state index < -0.39 is 17.4 Å². The van der Waals surface area contributed by atoms with E-state index in [4.69, 9.17) is 9.84 Å². The maximum Gasteiger partial charge on any atom is 0.328 e. The summed E-state index contributed by atoms with van der Waals surface area (Å²) in [7, 11) is 0. The van der Waals surface area contributed by atoms with Crippen LogP contribution in [-0.2, 0) is 9.59 Å². The molecule has 90 valence electrons. The molecule has 1 aliphatic rings. The van der Waals surface area contributed by atoms with Crippen molar-refractivity contribution in [2.75, 3.05) is 0 Å². The normalized spacial score (nSPS) is 16.4. The van der Waals surface area contributed by atoms with Crippen molar-refractivity contribution in [1.82, 2.24) is 0 Å². The molecular weight excluding hydrogens is 220 g/mol. The van der Waals surface area contributed by atoms with Gasteiger partial charge in [0.1, 0.15) is 5.75 Å². The van der Waals surface area contributed by atoms with Gasteiger partial charge in [-0.1, -0.05) is 12.1 Å². The number of hydrogen-bond acceptors (Lipinski definition) is 3. The molecule has 0 aliphatic heterocycles. The van der Waals surface area contributed by atoms with Crippen molar-refractivity contribution in [2.45, 2.75) is 26.7 Å². The van der Waals surface area contributed by atoms with Gasteiger partial charge in [-0.3, -0.25) is 9.59 Å². The molecule has 0 heterocycles. The molecule has 0 amide bonds. The number of carboxylic acids is 1. The highest BCUT2D eigenvalue weighted by atomic mass is 16.5. The number of carbonyl (C=O) groups is 2. The Morgan fingerprint density at radius 2 is 1.94 bits per heavy atom. The summed E-state index contributed by atoms with van der Waals surface area (Å²) in [5.74, 6) is -1.30. The number of carbonyl (C=O) groups excluding carboxylic acids is 1. The van der Waals surface area contributed by atoms with Gasteiger partial charge in [0.2, 0.25) is 0 Å². The van der Waals surface area contributed by atoms with E-state index in [1.807, 2.05) is 26.0 Å². The van der Waals surface area contributed by atoms with Gasteiger partial charge in [-0.15, -0.1) is 0 Å². The standard InChI is InChI=1S/C13H14O4/c1-8-3-4-9(2)10(7-8)17-12(16)13(5-6-13)11(14)15/h3-4,7H,5-6H2,1-2H3,(H,14,15). The van der Waals surface area contributed by atoms with Crippen molar-refractivity contribution >= 4 is 11.9 Å². The minimum Gasteiger partial charge on any atom is -0.480 e. The highest BCUT2D eigenvalue weighted by Crippen LogP contribution is 2.47. The number of aliphatic carboxylic acids is 1. The van der Waals surface area contributed by atoms with Crippen LogP contribution >= 0.6 is 0 Å². The lowest BCUT2D eigenvalue weighted by atomic mass is 10.1. The Hall–Kier alpha value is -1.84. The summed E-state index contributed by atoms with van der Waals surface area (Å²) in [6.45, 7) is 3.71. The molecule has 0 atom stereocenters. The summed E-state index contributed by atoms with van der Waals surface area (Å²) in [6, 6.07) is 5.50. The van der Waals surface area contributed by atoms with E-state index in [-0.39, 0.29) is 0 Å². The van der Waals surface area contributed by atoms with Crippen LogP contribution in [0.3, 0.4) is 0 Å². The first-order valence-electron chi connectivity index (χ1n) is 5.49. The van der Waals surface area contributed by atoms with Gasteiger partial charge in [0.15, 0.2) is 5.41 Å². The molecule has 0 unspecified atom stereocenters. The van der Waals surface area contributed by atoms with Crippen LogP contribution < -0.4 is 4.74 Å². The lowest BCUT2D eigenvalue weighted by Gasteiger charge is -2.12. The van der Waals surface area contributed by atoms with Gasteiger partial charge in [-0.2, -0.15) is 0 Å². The van der Waals surface area contributed by atoms with Crippen molar-refractivity contribution in [3.8, 4) is 5.75 Å². The number of hydrogen-bond donors (Lipinski definition) is 1. The zero-order chi connectivity index (χ0) is 12.6. The van der Waals surface area contributed by atoms with Gasteiger partial charge in [-0.25, -0.2) is 0 Å². The Labute approximate surface area is 99.2 Å². The summed E-state index contributed by atoms with van der Waals surface area (Å²) < 4.78 is 5.19. The molecule has 1 saturated carbocycles. The number of esters is 1. The van der Waals surface area contributed by atoms with E-state index in [1.54, 1.807) is 6.07 Å². The van der Waals surface area contributed by atoms with Gasteiger partial charge >= 0.3 is 11.9 Å². The molecule has 2 rings (SSSR count). The number of benzene rings is 1. The fourth-order valence-corrected chi connectivity index (χ4v) is 1.65. The zero-order valence-corrected chi connectivity index (χ0v) is 9.82. The fraction of sp³-hybridized carbons (Fsp3) is 0.385. The molecule has 4 heteroatoms. The molecule has 0 aromatic heterocycles. The molecule has 0 saturated heterocycles. The first-order chi connectivity index (χ1) is 7.95. The third-order valence-corrected chi connectivity index (χ3v) is 3.10. The highest BCUT2D eigenvalue weighted by Gasteiger charge is 2.58. The molecule has 1 aromatic rings. The predicted molar refractivity (Wildman–Crippen MR) is 60.9 cm³/mol. The molecule has 1 fully saturated rings. The Morgan fingerprint density at radius 3 is 2.47 bits per heavy atom. The Bertz CT molecular complexity index is 486. The van der Waals surface area contributed by atoms with Crippen LogP contribution in [-0.4, -0.2) is 17.0 Å². The third kappa shape index (κ3) is 2.02. The van der Waals surface area contributed by atoms with Crippen molar-refractivity contribution in [3.63, 3.8) is 0 Å². The van der Waals surface area contributed by atoms with E-state index in [2.05, 4.69) is 0 Å². The lowest BCUT2D eigenvalue weighted by Crippen LogP contribution is -2.29. The molecule has 0 bridgehead atoms. The Kier molecular flexibility index (Phi) is 2.65. The van der Waals surface area contributed by atoms with E-state index >= 15 is 0 Å². The van der Waals surface area contributed by atoms with E-state index in [0.29, 0.717) is 18.6 Å². The van der Waals surface area contributed by atoms with Crippen molar-refractivity contribution in [1.29, 1.82) is 0 Å². The predicted octanol–water partition coefficient (Wildman–Crippen LogP) is 2.07. The summed E-state index contributed by atoms with van der Waals surface area (Å²) in [6.07, 6.45) is 0.734. The quantitative estimate of drug-likeness (QED) is 0.494. The molecule has 4 nitrogen and oxygen atoms in total. The minimum atomic E-state index is -1.30. The van der Waals surface area contributed by atoms with Crippen LogP contribution in [0.1, 0.15) is 24.0 Å². The smallest absolute Gasteiger partial charge is 0.328 e. The van der Waals surface area contributed by atoms with Gasteiger partial charge in [-0.05, 0) is 43.9 Å². The first-order valence-corrected chi connectivity index (χ1v) is 5.49.